The highest BCUT2D eigenvalue weighted by molar-refractivity contribution is 5.99. The number of pyridine rings is 1. The first kappa shape index (κ1) is 15.9. The van der Waals surface area contributed by atoms with Crippen LogP contribution in [0.1, 0.15) is 60.3 Å². The van der Waals surface area contributed by atoms with Crippen LogP contribution in [0.3, 0.4) is 0 Å². The van der Waals surface area contributed by atoms with Gasteiger partial charge < -0.3 is 19.2 Å². The maximum atomic E-state index is 12.7. The van der Waals surface area contributed by atoms with E-state index < -0.39 is 6.10 Å². The Hall–Kier alpha value is -2.60. The Morgan fingerprint density at radius 3 is 2.96 bits per heavy atom. The fourth-order valence-electron chi connectivity index (χ4n) is 3.14. The lowest BCUT2D eigenvalue weighted by Crippen LogP contribution is -2.34. The average molecular weight is 339 g/mol. The molecule has 25 heavy (non-hydrogen) atoms. The molecule has 1 fully saturated rings. The number of rotatable bonds is 6. The van der Waals surface area contributed by atoms with E-state index in [0.717, 1.165) is 24.2 Å². The molecule has 0 bridgehead atoms. The van der Waals surface area contributed by atoms with Crippen molar-refractivity contribution in [2.45, 2.75) is 44.2 Å². The van der Waals surface area contributed by atoms with Crippen molar-refractivity contribution >= 4 is 11.4 Å². The first-order valence-corrected chi connectivity index (χ1v) is 8.63. The zero-order valence-electron chi connectivity index (χ0n) is 14.1. The second kappa shape index (κ2) is 6.37. The van der Waals surface area contributed by atoms with Crippen molar-refractivity contribution in [3.05, 3.63) is 60.1 Å². The van der Waals surface area contributed by atoms with E-state index in [4.69, 9.17) is 4.42 Å². The van der Waals surface area contributed by atoms with E-state index in [2.05, 4.69) is 10.3 Å². The lowest BCUT2D eigenvalue weighted by Gasteiger charge is -2.16. The van der Waals surface area contributed by atoms with E-state index in [1.165, 1.54) is 6.26 Å². The highest BCUT2D eigenvalue weighted by Crippen LogP contribution is 2.40. The average Bonchev–Trinajstić information content (AvgIpc) is 3.15. The molecule has 3 aromatic rings. The Balaban J connectivity index is 1.50. The summed E-state index contributed by atoms with van der Waals surface area (Å²) in [4.78, 5) is 17.3. The molecule has 0 radical (unpaired) electrons. The fraction of sp³-hybridized carbons (Fsp3) is 0.368. The Labute approximate surface area is 145 Å². The number of hydrogen-bond donors (Lipinski definition) is 2. The molecule has 0 spiro atoms. The Bertz CT molecular complexity index is 881. The molecule has 2 atom stereocenters. The predicted molar refractivity (Wildman–Crippen MR) is 92.4 cm³/mol. The number of nitrogens with one attached hydrogen (secondary N) is 1. The number of hydrogen-bond acceptors (Lipinski definition) is 4. The van der Waals surface area contributed by atoms with Gasteiger partial charge in [-0.3, -0.25) is 4.79 Å². The molecular formula is C19H21N3O3. The first-order chi connectivity index (χ1) is 12.1. The second-order valence-electron chi connectivity index (χ2n) is 6.69. The minimum absolute atomic E-state index is 0.211. The van der Waals surface area contributed by atoms with Gasteiger partial charge in [0, 0.05) is 24.6 Å². The molecule has 6 nitrogen and oxygen atoms in total. The Kier molecular flexibility index (Phi) is 4.05. The first-order valence-electron chi connectivity index (χ1n) is 8.63. The van der Waals surface area contributed by atoms with Crippen molar-refractivity contribution in [1.82, 2.24) is 14.7 Å². The van der Waals surface area contributed by atoms with Crippen LogP contribution in [0.25, 0.3) is 5.52 Å². The Morgan fingerprint density at radius 1 is 1.40 bits per heavy atom. The van der Waals surface area contributed by atoms with E-state index in [1.54, 1.807) is 12.1 Å². The maximum Gasteiger partial charge on any atom is 0.272 e. The molecule has 6 heteroatoms. The van der Waals surface area contributed by atoms with Crippen LogP contribution in [0.2, 0.25) is 0 Å². The number of carbonyl (C=O) groups excluding carboxylic acids is 1. The SMILES string of the molecule is CC(CC(O)c1ccco1)NC(=O)c1nc(C2CC2)n2ccccc12. The summed E-state index contributed by atoms with van der Waals surface area (Å²) in [6.07, 6.45) is 5.36. The zero-order valence-corrected chi connectivity index (χ0v) is 14.1. The van der Waals surface area contributed by atoms with Gasteiger partial charge >= 0.3 is 0 Å². The summed E-state index contributed by atoms with van der Waals surface area (Å²) in [6.45, 7) is 1.87. The monoisotopic (exact) mass is 339 g/mol. The van der Waals surface area contributed by atoms with E-state index in [1.807, 2.05) is 35.7 Å². The highest BCUT2D eigenvalue weighted by atomic mass is 16.4. The molecule has 0 aliphatic heterocycles. The summed E-state index contributed by atoms with van der Waals surface area (Å²) in [5.74, 6) is 1.71. The van der Waals surface area contributed by atoms with Crippen LogP contribution >= 0.6 is 0 Å². The summed E-state index contributed by atoms with van der Waals surface area (Å²) in [7, 11) is 0. The normalized spacial score (nSPS) is 16.7. The number of imidazole rings is 1. The summed E-state index contributed by atoms with van der Waals surface area (Å²) in [5, 5.41) is 13.1. The molecule has 1 saturated carbocycles. The van der Waals surface area contributed by atoms with Crippen LogP contribution in [0.15, 0.2) is 47.2 Å². The Morgan fingerprint density at radius 2 is 2.24 bits per heavy atom. The van der Waals surface area contributed by atoms with Crippen molar-refractivity contribution < 1.29 is 14.3 Å². The number of furan rings is 1. The van der Waals surface area contributed by atoms with Gasteiger partial charge in [-0.25, -0.2) is 4.98 Å². The number of carbonyl (C=O) groups is 1. The standard InChI is InChI=1S/C19H21N3O3/c1-12(11-15(23)16-6-4-10-25-16)20-19(24)17-14-5-2-3-9-22(14)18(21-17)13-7-8-13/h2-6,9-10,12-13,15,23H,7-8,11H2,1H3,(H,20,24). The number of amides is 1. The molecular weight excluding hydrogens is 318 g/mol. The summed E-state index contributed by atoms with van der Waals surface area (Å²) >= 11 is 0. The minimum Gasteiger partial charge on any atom is -0.467 e. The van der Waals surface area contributed by atoms with Crippen molar-refractivity contribution in [1.29, 1.82) is 0 Å². The zero-order chi connectivity index (χ0) is 17.4. The van der Waals surface area contributed by atoms with Gasteiger partial charge in [0.2, 0.25) is 0 Å². The van der Waals surface area contributed by atoms with E-state index in [9.17, 15) is 9.90 Å². The molecule has 3 aromatic heterocycles. The molecule has 2 N–H and O–H groups in total. The predicted octanol–water partition coefficient (Wildman–Crippen LogP) is 3.05. The third-order valence-corrected chi connectivity index (χ3v) is 4.56. The third-order valence-electron chi connectivity index (χ3n) is 4.56. The topological polar surface area (TPSA) is 79.8 Å². The highest BCUT2D eigenvalue weighted by Gasteiger charge is 2.30. The quantitative estimate of drug-likeness (QED) is 0.723. The molecule has 1 amide bonds. The van der Waals surface area contributed by atoms with Crippen LogP contribution < -0.4 is 5.32 Å². The van der Waals surface area contributed by atoms with E-state index >= 15 is 0 Å². The van der Waals surface area contributed by atoms with Gasteiger partial charge in [0.1, 0.15) is 17.7 Å². The number of nitrogens with zero attached hydrogens (tertiary/aromatic N) is 2. The van der Waals surface area contributed by atoms with Gasteiger partial charge in [0.15, 0.2) is 5.69 Å². The molecule has 1 aliphatic carbocycles. The van der Waals surface area contributed by atoms with Crippen LogP contribution in [-0.4, -0.2) is 26.4 Å². The smallest absolute Gasteiger partial charge is 0.272 e. The van der Waals surface area contributed by atoms with Crippen molar-refractivity contribution in [3.8, 4) is 0 Å². The van der Waals surface area contributed by atoms with Gasteiger partial charge in [0.05, 0.1) is 11.8 Å². The summed E-state index contributed by atoms with van der Waals surface area (Å²) < 4.78 is 7.21. The van der Waals surface area contributed by atoms with Gasteiger partial charge in [-0.05, 0) is 44.0 Å². The molecule has 0 saturated heterocycles. The fourth-order valence-corrected chi connectivity index (χ4v) is 3.14. The van der Waals surface area contributed by atoms with Gasteiger partial charge in [-0.2, -0.15) is 0 Å². The third kappa shape index (κ3) is 3.17. The van der Waals surface area contributed by atoms with Crippen molar-refractivity contribution in [2.24, 2.45) is 0 Å². The maximum absolute atomic E-state index is 12.7. The summed E-state index contributed by atoms with van der Waals surface area (Å²) in [6, 6.07) is 9.02. The second-order valence-corrected chi connectivity index (χ2v) is 6.69. The number of aliphatic hydroxyl groups is 1. The van der Waals surface area contributed by atoms with Crippen LogP contribution in [0, 0.1) is 0 Å². The van der Waals surface area contributed by atoms with E-state index in [0.29, 0.717) is 23.8 Å². The molecule has 0 aromatic carbocycles. The molecule has 3 heterocycles. The largest absolute Gasteiger partial charge is 0.467 e. The minimum atomic E-state index is -0.744. The molecule has 2 unspecified atom stereocenters. The van der Waals surface area contributed by atoms with Gasteiger partial charge in [0.25, 0.3) is 5.91 Å². The van der Waals surface area contributed by atoms with E-state index in [-0.39, 0.29) is 11.9 Å². The van der Waals surface area contributed by atoms with Gasteiger partial charge in [-0.15, -0.1) is 0 Å². The van der Waals surface area contributed by atoms with Crippen LogP contribution in [0.4, 0.5) is 0 Å². The van der Waals surface area contributed by atoms with Crippen LogP contribution in [-0.2, 0) is 0 Å². The molecule has 1 aliphatic rings. The number of aliphatic hydroxyl groups excluding tert-OH is 1. The lowest BCUT2D eigenvalue weighted by atomic mass is 10.1. The van der Waals surface area contributed by atoms with Crippen molar-refractivity contribution in [2.75, 3.05) is 0 Å². The lowest BCUT2D eigenvalue weighted by molar-refractivity contribution is 0.0900. The van der Waals surface area contributed by atoms with Gasteiger partial charge in [-0.1, -0.05) is 6.07 Å². The molecule has 4 rings (SSSR count). The van der Waals surface area contributed by atoms with Crippen LogP contribution in [0.5, 0.6) is 0 Å². The van der Waals surface area contributed by atoms with Crippen molar-refractivity contribution in [3.63, 3.8) is 0 Å². The summed E-state index contributed by atoms with van der Waals surface area (Å²) in [5.41, 5.74) is 1.27. The molecule has 130 valence electrons. The number of fused-ring (bicyclic) bond motifs is 1. The number of aromatic nitrogens is 2.